The standard InChI is InChI=1S/C13H21N5/c1-10(2)17(4)9-8-14-13-15-12-7-5-6-11(3)18(12)16-13/h5-7,10H,8-9H2,1-4H3,(H,14,16). The Labute approximate surface area is 108 Å². The van der Waals surface area contributed by atoms with Gasteiger partial charge in [-0.3, -0.25) is 0 Å². The van der Waals surface area contributed by atoms with Gasteiger partial charge in [-0.15, -0.1) is 5.10 Å². The maximum atomic E-state index is 4.44. The van der Waals surface area contributed by atoms with Crippen molar-refractivity contribution in [2.45, 2.75) is 26.8 Å². The number of nitrogens with one attached hydrogen (secondary N) is 1. The van der Waals surface area contributed by atoms with Gasteiger partial charge in [-0.2, -0.15) is 4.98 Å². The summed E-state index contributed by atoms with van der Waals surface area (Å²) in [5, 5.41) is 7.69. The van der Waals surface area contributed by atoms with Gasteiger partial charge in [0.1, 0.15) is 0 Å². The molecule has 5 nitrogen and oxygen atoms in total. The summed E-state index contributed by atoms with van der Waals surface area (Å²) in [7, 11) is 2.12. The summed E-state index contributed by atoms with van der Waals surface area (Å²) in [6.45, 7) is 8.23. The molecule has 2 aromatic rings. The molecule has 18 heavy (non-hydrogen) atoms. The highest BCUT2D eigenvalue weighted by molar-refractivity contribution is 5.44. The smallest absolute Gasteiger partial charge is 0.243 e. The van der Waals surface area contributed by atoms with Gasteiger partial charge in [0.15, 0.2) is 5.65 Å². The fraction of sp³-hybridized carbons (Fsp3) is 0.538. The molecule has 0 aliphatic heterocycles. The van der Waals surface area contributed by atoms with E-state index in [0.29, 0.717) is 12.0 Å². The molecule has 2 rings (SSSR count). The first-order valence-electron chi connectivity index (χ1n) is 6.34. The van der Waals surface area contributed by atoms with Gasteiger partial charge in [0.25, 0.3) is 0 Å². The first-order valence-corrected chi connectivity index (χ1v) is 6.34. The van der Waals surface area contributed by atoms with Crippen molar-refractivity contribution in [3.63, 3.8) is 0 Å². The molecule has 0 unspecified atom stereocenters. The van der Waals surface area contributed by atoms with Crippen LogP contribution < -0.4 is 5.32 Å². The van der Waals surface area contributed by atoms with Gasteiger partial charge in [-0.25, -0.2) is 4.52 Å². The van der Waals surface area contributed by atoms with Gasteiger partial charge in [-0.1, -0.05) is 6.07 Å². The molecule has 2 aromatic heterocycles. The summed E-state index contributed by atoms with van der Waals surface area (Å²) in [6.07, 6.45) is 0. The Balaban J connectivity index is 1.98. The summed E-state index contributed by atoms with van der Waals surface area (Å²) in [5.41, 5.74) is 1.97. The highest BCUT2D eigenvalue weighted by Crippen LogP contribution is 2.07. The molecular formula is C13H21N5. The van der Waals surface area contributed by atoms with Crippen molar-refractivity contribution < 1.29 is 0 Å². The number of fused-ring (bicyclic) bond motifs is 1. The lowest BCUT2D eigenvalue weighted by atomic mass is 10.3. The predicted octanol–water partition coefficient (Wildman–Crippen LogP) is 1.79. The molecule has 0 aliphatic rings. The third-order valence-corrected chi connectivity index (χ3v) is 3.18. The molecule has 0 spiro atoms. The van der Waals surface area contributed by atoms with Crippen molar-refractivity contribution in [2.75, 3.05) is 25.5 Å². The number of hydrogen-bond donors (Lipinski definition) is 1. The van der Waals surface area contributed by atoms with E-state index in [2.05, 4.69) is 41.2 Å². The molecule has 0 saturated carbocycles. The third kappa shape index (κ3) is 2.79. The SMILES string of the molecule is Cc1cccc2nc(NCCN(C)C(C)C)nn12. The summed E-state index contributed by atoms with van der Waals surface area (Å²) in [5.74, 6) is 0.696. The third-order valence-electron chi connectivity index (χ3n) is 3.18. The van der Waals surface area contributed by atoms with E-state index in [4.69, 9.17) is 0 Å². The molecule has 0 atom stereocenters. The van der Waals surface area contributed by atoms with Crippen LogP contribution in [0.2, 0.25) is 0 Å². The number of aromatic nitrogens is 3. The second kappa shape index (κ2) is 5.35. The quantitative estimate of drug-likeness (QED) is 0.875. The van der Waals surface area contributed by atoms with Crippen molar-refractivity contribution in [1.82, 2.24) is 19.5 Å². The van der Waals surface area contributed by atoms with Gasteiger partial charge < -0.3 is 10.2 Å². The first kappa shape index (κ1) is 12.8. The monoisotopic (exact) mass is 247 g/mol. The van der Waals surface area contributed by atoms with Crippen molar-refractivity contribution >= 4 is 11.6 Å². The number of rotatable bonds is 5. The zero-order valence-corrected chi connectivity index (χ0v) is 11.5. The number of likely N-dealkylation sites (N-methyl/N-ethyl adjacent to an activating group) is 1. The largest absolute Gasteiger partial charge is 0.352 e. The van der Waals surface area contributed by atoms with Crippen LogP contribution >= 0.6 is 0 Å². The number of pyridine rings is 1. The Kier molecular flexibility index (Phi) is 3.81. The number of nitrogens with zero attached hydrogens (tertiary/aromatic N) is 4. The van der Waals surface area contributed by atoms with Crippen LogP contribution in [0.25, 0.3) is 5.65 Å². The maximum Gasteiger partial charge on any atom is 0.243 e. The average Bonchev–Trinajstić information content (AvgIpc) is 2.73. The summed E-state index contributed by atoms with van der Waals surface area (Å²) < 4.78 is 1.86. The molecule has 0 aliphatic carbocycles. The van der Waals surface area contributed by atoms with E-state index in [1.807, 2.05) is 29.6 Å². The van der Waals surface area contributed by atoms with Crippen molar-refractivity contribution in [1.29, 1.82) is 0 Å². The minimum atomic E-state index is 0.558. The number of aryl methyl sites for hydroxylation is 1. The highest BCUT2D eigenvalue weighted by atomic mass is 15.4. The topological polar surface area (TPSA) is 45.5 Å². The average molecular weight is 247 g/mol. The minimum Gasteiger partial charge on any atom is -0.352 e. The van der Waals surface area contributed by atoms with E-state index >= 15 is 0 Å². The second-order valence-electron chi connectivity index (χ2n) is 4.87. The zero-order chi connectivity index (χ0) is 13.1. The van der Waals surface area contributed by atoms with E-state index in [1.54, 1.807) is 0 Å². The van der Waals surface area contributed by atoms with Crippen molar-refractivity contribution in [3.05, 3.63) is 23.9 Å². The molecular weight excluding hydrogens is 226 g/mol. The van der Waals surface area contributed by atoms with Crippen LogP contribution in [0.15, 0.2) is 18.2 Å². The molecule has 0 radical (unpaired) electrons. The lowest BCUT2D eigenvalue weighted by molar-refractivity contribution is 0.284. The predicted molar refractivity (Wildman–Crippen MR) is 74.0 cm³/mol. The molecule has 0 amide bonds. The second-order valence-corrected chi connectivity index (χ2v) is 4.87. The molecule has 2 heterocycles. The Morgan fingerprint density at radius 1 is 1.39 bits per heavy atom. The van der Waals surface area contributed by atoms with Crippen LogP contribution in [-0.4, -0.2) is 45.7 Å². The highest BCUT2D eigenvalue weighted by Gasteiger charge is 2.05. The van der Waals surface area contributed by atoms with E-state index < -0.39 is 0 Å². The first-order chi connectivity index (χ1) is 8.58. The Morgan fingerprint density at radius 3 is 2.83 bits per heavy atom. The van der Waals surface area contributed by atoms with Gasteiger partial charge in [0.2, 0.25) is 5.95 Å². The van der Waals surface area contributed by atoms with Crippen LogP contribution in [0, 0.1) is 6.92 Å². The Bertz CT molecular complexity index is 517. The summed E-state index contributed by atoms with van der Waals surface area (Å²) >= 11 is 0. The Hall–Kier alpha value is -1.62. The van der Waals surface area contributed by atoms with E-state index in [9.17, 15) is 0 Å². The number of hydrogen-bond acceptors (Lipinski definition) is 4. The van der Waals surface area contributed by atoms with Crippen molar-refractivity contribution in [3.8, 4) is 0 Å². The van der Waals surface area contributed by atoms with E-state index in [0.717, 1.165) is 24.4 Å². The lowest BCUT2D eigenvalue weighted by Crippen LogP contribution is -2.31. The normalized spacial score (nSPS) is 11.7. The van der Waals surface area contributed by atoms with Crippen LogP contribution in [0.3, 0.4) is 0 Å². The molecule has 0 bridgehead atoms. The summed E-state index contributed by atoms with van der Waals surface area (Å²) in [4.78, 5) is 6.72. The lowest BCUT2D eigenvalue weighted by Gasteiger charge is -2.20. The fourth-order valence-corrected chi connectivity index (χ4v) is 1.71. The van der Waals surface area contributed by atoms with Crippen LogP contribution in [-0.2, 0) is 0 Å². The molecule has 1 N–H and O–H groups in total. The van der Waals surface area contributed by atoms with Gasteiger partial charge in [-0.05, 0) is 40.0 Å². The molecule has 0 aromatic carbocycles. The van der Waals surface area contributed by atoms with Gasteiger partial charge >= 0.3 is 0 Å². The summed E-state index contributed by atoms with van der Waals surface area (Å²) in [6, 6.07) is 6.54. The maximum absolute atomic E-state index is 4.44. The van der Waals surface area contributed by atoms with Gasteiger partial charge in [0.05, 0.1) is 0 Å². The fourth-order valence-electron chi connectivity index (χ4n) is 1.71. The number of anilines is 1. The molecule has 5 heteroatoms. The van der Waals surface area contributed by atoms with E-state index in [-0.39, 0.29) is 0 Å². The molecule has 98 valence electrons. The molecule has 0 saturated heterocycles. The van der Waals surface area contributed by atoms with E-state index in [1.165, 1.54) is 0 Å². The van der Waals surface area contributed by atoms with Crippen LogP contribution in [0.4, 0.5) is 5.95 Å². The zero-order valence-electron chi connectivity index (χ0n) is 11.5. The minimum absolute atomic E-state index is 0.558. The van der Waals surface area contributed by atoms with Crippen molar-refractivity contribution in [2.24, 2.45) is 0 Å². The Morgan fingerprint density at radius 2 is 2.17 bits per heavy atom. The molecule has 0 fully saturated rings. The van der Waals surface area contributed by atoms with Crippen LogP contribution in [0.5, 0.6) is 0 Å². The van der Waals surface area contributed by atoms with Crippen LogP contribution in [0.1, 0.15) is 19.5 Å². The van der Waals surface area contributed by atoms with Gasteiger partial charge in [0, 0.05) is 24.8 Å².